The Morgan fingerprint density at radius 3 is 2.64 bits per heavy atom. The molecule has 0 aliphatic carbocycles. The number of halogens is 1. The maximum absolute atomic E-state index is 5.98. The Morgan fingerprint density at radius 2 is 2.00 bits per heavy atom. The zero-order chi connectivity index (χ0) is 16.9. The van der Waals surface area contributed by atoms with Gasteiger partial charge in [-0.25, -0.2) is 0 Å². The van der Waals surface area contributed by atoms with Gasteiger partial charge in [-0.05, 0) is 38.3 Å². The third kappa shape index (κ3) is 5.48. The molecule has 5 nitrogen and oxygen atoms in total. The number of piperidine rings is 1. The van der Waals surface area contributed by atoms with E-state index in [0.29, 0.717) is 12.1 Å². The van der Waals surface area contributed by atoms with Crippen molar-refractivity contribution in [3.05, 3.63) is 29.8 Å². The van der Waals surface area contributed by atoms with Gasteiger partial charge in [0.1, 0.15) is 11.9 Å². The number of hydrogen-bond donors (Lipinski definition) is 2. The number of ether oxygens (including phenoxy) is 1. The second-order valence-corrected chi connectivity index (χ2v) is 7.05. The summed E-state index contributed by atoms with van der Waals surface area (Å²) in [7, 11) is 1.84. The predicted octanol–water partition coefficient (Wildman–Crippen LogP) is 2.65. The van der Waals surface area contributed by atoms with Crippen LogP contribution in [0.4, 0.5) is 0 Å². The molecule has 3 rings (SSSR count). The second-order valence-electron chi connectivity index (χ2n) is 7.05. The maximum Gasteiger partial charge on any atom is 0.191 e. The summed E-state index contributed by atoms with van der Waals surface area (Å²) in [6.45, 7) is 7.64. The van der Waals surface area contributed by atoms with Crippen LogP contribution in [0.5, 0.6) is 5.75 Å². The van der Waals surface area contributed by atoms with Gasteiger partial charge in [0.05, 0.1) is 6.54 Å². The van der Waals surface area contributed by atoms with E-state index in [4.69, 9.17) is 4.74 Å². The van der Waals surface area contributed by atoms with Crippen LogP contribution in [0, 0.1) is 0 Å². The van der Waals surface area contributed by atoms with Crippen molar-refractivity contribution in [2.75, 3.05) is 26.7 Å². The molecule has 2 heterocycles. The van der Waals surface area contributed by atoms with Gasteiger partial charge in [-0.15, -0.1) is 24.0 Å². The van der Waals surface area contributed by atoms with E-state index < -0.39 is 0 Å². The molecule has 0 bridgehead atoms. The van der Waals surface area contributed by atoms with Crippen LogP contribution in [0.1, 0.15) is 32.3 Å². The smallest absolute Gasteiger partial charge is 0.191 e. The third-order valence-corrected chi connectivity index (χ3v) is 5.04. The number of para-hydroxylation sites is 1. The Morgan fingerprint density at radius 1 is 1.28 bits per heavy atom. The molecule has 2 aliphatic heterocycles. The summed E-state index contributed by atoms with van der Waals surface area (Å²) in [6.07, 6.45) is 3.49. The van der Waals surface area contributed by atoms with E-state index in [1.807, 2.05) is 19.2 Å². The molecule has 2 N–H and O–H groups in total. The first kappa shape index (κ1) is 20.3. The summed E-state index contributed by atoms with van der Waals surface area (Å²) in [5.74, 6) is 1.91. The molecule has 1 saturated heterocycles. The first-order valence-electron chi connectivity index (χ1n) is 9.11. The van der Waals surface area contributed by atoms with Crippen LogP contribution >= 0.6 is 24.0 Å². The lowest BCUT2D eigenvalue weighted by Gasteiger charge is -2.35. The molecule has 0 spiro atoms. The number of nitrogens with one attached hydrogen (secondary N) is 2. The van der Waals surface area contributed by atoms with Crippen molar-refractivity contribution in [1.82, 2.24) is 15.5 Å². The van der Waals surface area contributed by atoms with E-state index in [1.54, 1.807) is 0 Å². The zero-order valence-electron chi connectivity index (χ0n) is 15.5. The van der Waals surface area contributed by atoms with Gasteiger partial charge in [-0.3, -0.25) is 4.99 Å². The molecule has 2 aliphatic rings. The highest BCUT2D eigenvalue weighted by atomic mass is 127. The van der Waals surface area contributed by atoms with Gasteiger partial charge in [0.15, 0.2) is 5.96 Å². The first-order chi connectivity index (χ1) is 11.7. The van der Waals surface area contributed by atoms with Crippen LogP contribution in [-0.2, 0) is 6.42 Å². The van der Waals surface area contributed by atoms with Crippen molar-refractivity contribution in [1.29, 1.82) is 0 Å². The Labute approximate surface area is 168 Å². The lowest BCUT2D eigenvalue weighted by Crippen LogP contribution is -2.51. The van der Waals surface area contributed by atoms with E-state index in [-0.39, 0.29) is 30.1 Å². The van der Waals surface area contributed by atoms with Crippen LogP contribution in [0.2, 0.25) is 0 Å². The lowest BCUT2D eigenvalue weighted by atomic mass is 10.0. The van der Waals surface area contributed by atoms with E-state index in [1.165, 1.54) is 18.4 Å². The number of hydrogen-bond acceptors (Lipinski definition) is 3. The summed E-state index contributed by atoms with van der Waals surface area (Å²) in [5, 5.41) is 6.99. The van der Waals surface area contributed by atoms with Gasteiger partial charge >= 0.3 is 0 Å². The van der Waals surface area contributed by atoms with Crippen molar-refractivity contribution in [3.8, 4) is 5.75 Å². The molecule has 1 aromatic carbocycles. The zero-order valence-corrected chi connectivity index (χ0v) is 17.8. The van der Waals surface area contributed by atoms with Gasteiger partial charge in [0, 0.05) is 38.6 Å². The number of likely N-dealkylation sites (tertiary alicyclic amines) is 1. The van der Waals surface area contributed by atoms with Crippen molar-refractivity contribution in [2.24, 2.45) is 4.99 Å². The fourth-order valence-electron chi connectivity index (χ4n) is 3.53. The second kappa shape index (κ2) is 9.62. The number of guanidine groups is 1. The Hall–Kier alpha value is -1.02. The molecule has 1 unspecified atom stereocenters. The van der Waals surface area contributed by atoms with Crippen molar-refractivity contribution in [3.63, 3.8) is 0 Å². The minimum absolute atomic E-state index is 0. The standard InChI is InChI=1S/C19H30N4O.HI/c1-14(2)23-10-8-16(9-11-23)22-19(20-3)21-13-17-12-15-6-4-5-7-18(15)24-17;/h4-7,14,16-17H,8-13H2,1-3H3,(H2,20,21,22);1H. The molecule has 1 atom stereocenters. The van der Waals surface area contributed by atoms with E-state index in [9.17, 15) is 0 Å². The number of rotatable bonds is 4. The van der Waals surface area contributed by atoms with Crippen LogP contribution in [0.15, 0.2) is 29.3 Å². The van der Waals surface area contributed by atoms with Gasteiger partial charge < -0.3 is 20.3 Å². The van der Waals surface area contributed by atoms with Crippen LogP contribution in [0.25, 0.3) is 0 Å². The molecule has 1 aromatic rings. The topological polar surface area (TPSA) is 48.9 Å². The summed E-state index contributed by atoms with van der Waals surface area (Å²) in [6, 6.07) is 9.44. The summed E-state index contributed by atoms with van der Waals surface area (Å²) in [4.78, 5) is 6.91. The third-order valence-electron chi connectivity index (χ3n) is 5.04. The van der Waals surface area contributed by atoms with Gasteiger partial charge in [-0.1, -0.05) is 18.2 Å². The number of benzene rings is 1. The number of fused-ring (bicyclic) bond motifs is 1. The molecule has 0 saturated carbocycles. The van der Waals surface area contributed by atoms with Crippen molar-refractivity contribution in [2.45, 2.75) is 51.3 Å². The van der Waals surface area contributed by atoms with Gasteiger partial charge in [0.2, 0.25) is 0 Å². The number of aliphatic imine (C=N–C) groups is 1. The largest absolute Gasteiger partial charge is 0.488 e. The highest BCUT2D eigenvalue weighted by Gasteiger charge is 2.24. The quantitative estimate of drug-likeness (QED) is 0.414. The fraction of sp³-hybridized carbons (Fsp3) is 0.632. The van der Waals surface area contributed by atoms with E-state index >= 15 is 0 Å². The molecule has 6 heteroatoms. The molecule has 25 heavy (non-hydrogen) atoms. The molecule has 140 valence electrons. The summed E-state index contributed by atoms with van der Waals surface area (Å²) < 4.78 is 5.98. The highest BCUT2D eigenvalue weighted by Crippen LogP contribution is 2.27. The van der Waals surface area contributed by atoms with E-state index in [2.05, 4.69) is 46.5 Å². The monoisotopic (exact) mass is 458 g/mol. The molecule has 0 radical (unpaired) electrons. The number of nitrogens with zero attached hydrogens (tertiary/aromatic N) is 2. The molecular formula is C19H31IN4O. The summed E-state index contributed by atoms with van der Waals surface area (Å²) >= 11 is 0. The molecule has 1 fully saturated rings. The predicted molar refractivity (Wildman–Crippen MR) is 114 cm³/mol. The lowest BCUT2D eigenvalue weighted by molar-refractivity contribution is 0.167. The van der Waals surface area contributed by atoms with Gasteiger partial charge in [0.25, 0.3) is 0 Å². The van der Waals surface area contributed by atoms with Gasteiger partial charge in [-0.2, -0.15) is 0 Å². The van der Waals surface area contributed by atoms with Crippen LogP contribution < -0.4 is 15.4 Å². The van der Waals surface area contributed by atoms with E-state index in [0.717, 1.165) is 37.8 Å². The minimum atomic E-state index is 0. The minimum Gasteiger partial charge on any atom is -0.488 e. The van der Waals surface area contributed by atoms with Crippen LogP contribution in [-0.4, -0.2) is 55.7 Å². The average Bonchev–Trinajstić information content (AvgIpc) is 3.02. The van der Waals surface area contributed by atoms with Crippen molar-refractivity contribution >= 4 is 29.9 Å². The van der Waals surface area contributed by atoms with Crippen molar-refractivity contribution < 1.29 is 4.74 Å². The Bertz CT molecular complexity index is 545. The van der Waals surface area contributed by atoms with Crippen LogP contribution in [0.3, 0.4) is 0 Å². The molecule has 0 amide bonds. The Kier molecular flexibility index (Phi) is 7.81. The average molecular weight is 458 g/mol. The normalized spacial score (nSPS) is 21.4. The molecular weight excluding hydrogens is 427 g/mol. The first-order valence-corrected chi connectivity index (χ1v) is 9.11. The summed E-state index contributed by atoms with van der Waals surface area (Å²) in [5.41, 5.74) is 1.30. The Balaban J connectivity index is 0.00000225. The SMILES string of the molecule is CN=C(NCC1Cc2ccccc2O1)NC1CCN(C(C)C)CC1.I. The highest BCUT2D eigenvalue weighted by molar-refractivity contribution is 14.0. The maximum atomic E-state index is 5.98. The fourth-order valence-corrected chi connectivity index (χ4v) is 3.53. The molecule has 0 aromatic heterocycles.